The second kappa shape index (κ2) is 5.75. The Labute approximate surface area is 74.6 Å². The van der Waals surface area contributed by atoms with Crippen molar-refractivity contribution in [3.8, 4) is 0 Å². The monoisotopic (exact) mass is 169 g/mol. The number of aromatic nitrogens is 3. The Morgan fingerprint density at radius 3 is 2.17 bits per heavy atom. The van der Waals surface area contributed by atoms with E-state index < -0.39 is 0 Å². The molecule has 0 saturated heterocycles. The average molecular weight is 169 g/mol. The smallest absolute Gasteiger partial charge is 0.153 e. The molecule has 1 heterocycles. The van der Waals surface area contributed by atoms with E-state index in [1.165, 1.54) is 0 Å². The first kappa shape index (κ1) is 11.1. The number of nitrogens with one attached hydrogen (secondary N) is 1. The van der Waals surface area contributed by atoms with Gasteiger partial charge in [-0.05, 0) is 0 Å². The van der Waals surface area contributed by atoms with Crippen LogP contribution in [0.2, 0.25) is 0 Å². The highest BCUT2D eigenvalue weighted by Crippen LogP contribution is 2.07. The molecule has 0 fully saturated rings. The van der Waals surface area contributed by atoms with Gasteiger partial charge in [-0.3, -0.25) is 5.10 Å². The normalized spacial score (nSPS) is 9.50. The Balaban J connectivity index is 0.000000561. The summed E-state index contributed by atoms with van der Waals surface area (Å²) in [5, 5.41) is 6.93. The van der Waals surface area contributed by atoms with Crippen LogP contribution < -0.4 is 0 Å². The second-order valence-electron chi connectivity index (χ2n) is 2.65. The van der Waals surface area contributed by atoms with E-state index in [4.69, 9.17) is 0 Å². The lowest BCUT2D eigenvalue weighted by molar-refractivity contribution is 0.780. The molecule has 0 aliphatic carbocycles. The van der Waals surface area contributed by atoms with E-state index in [-0.39, 0.29) is 0 Å². The molecule has 0 aliphatic heterocycles. The molecule has 0 atom stereocenters. The van der Waals surface area contributed by atoms with Crippen molar-refractivity contribution < 1.29 is 0 Å². The molecule has 1 N–H and O–H groups in total. The minimum absolute atomic E-state index is 0.427. The highest BCUT2D eigenvalue weighted by Gasteiger charge is 2.04. The van der Waals surface area contributed by atoms with Crippen LogP contribution in [0.5, 0.6) is 0 Å². The molecular weight excluding hydrogens is 150 g/mol. The maximum Gasteiger partial charge on any atom is 0.153 e. The minimum Gasteiger partial charge on any atom is -0.263 e. The minimum atomic E-state index is 0.427. The molecule has 3 heteroatoms. The summed E-state index contributed by atoms with van der Waals surface area (Å²) in [5.41, 5.74) is 0. The second-order valence-corrected chi connectivity index (χ2v) is 2.65. The lowest BCUT2D eigenvalue weighted by atomic mass is 10.2. The zero-order valence-electron chi connectivity index (χ0n) is 8.68. The molecule has 0 aliphatic rings. The first-order chi connectivity index (χ1) is 5.74. The van der Waals surface area contributed by atoms with Crippen molar-refractivity contribution in [1.82, 2.24) is 15.2 Å². The summed E-state index contributed by atoms with van der Waals surface area (Å²) < 4.78 is 0. The Morgan fingerprint density at radius 1 is 1.33 bits per heavy atom. The lowest BCUT2D eigenvalue weighted by Gasteiger charge is -1.92. The van der Waals surface area contributed by atoms with Crippen molar-refractivity contribution in [2.75, 3.05) is 0 Å². The molecule has 0 spiro atoms. The molecular formula is C9H19N3. The summed E-state index contributed by atoms with van der Waals surface area (Å²) in [7, 11) is 0. The highest BCUT2D eigenvalue weighted by molar-refractivity contribution is 4.94. The number of aromatic amines is 1. The van der Waals surface area contributed by atoms with Crippen LogP contribution in [0.3, 0.4) is 0 Å². The van der Waals surface area contributed by atoms with Crippen molar-refractivity contribution >= 4 is 0 Å². The van der Waals surface area contributed by atoms with Gasteiger partial charge < -0.3 is 0 Å². The highest BCUT2D eigenvalue weighted by atomic mass is 15.2. The predicted octanol–water partition coefficient (Wildman–Crippen LogP) is 2.52. The third-order valence-electron chi connectivity index (χ3n) is 1.40. The Morgan fingerprint density at radius 2 is 1.92 bits per heavy atom. The summed E-state index contributed by atoms with van der Waals surface area (Å²) in [6.07, 6.45) is 0.930. The van der Waals surface area contributed by atoms with Crippen LogP contribution in [-0.2, 0) is 6.42 Å². The van der Waals surface area contributed by atoms with Gasteiger partial charge in [0.2, 0.25) is 0 Å². The third kappa shape index (κ3) is 3.03. The molecule has 0 aromatic carbocycles. The van der Waals surface area contributed by atoms with E-state index in [0.717, 1.165) is 18.1 Å². The summed E-state index contributed by atoms with van der Waals surface area (Å²) in [5.74, 6) is 2.32. The molecule has 12 heavy (non-hydrogen) atoms. The standard InChI is InChI=1S/C7H13N3.C2H6/c1-4-6-8-7(5(2)3)10-9-6;1-2/h5H,4H2,1-3H3,(H,8,9,10);1-2H3. The molecule has 70 valence electrons. The van der Waals surface area contributed by atoms with E-state index in [1.54, 1.807) is 0 Å². The number of rotatable bonds is 2. The van der Waals surface area contributed by atoms with Crippen LogP contribution in [0.15, 0.2) is 0 Å². The topological polar surface area (TPSA) is 41.6 Å². The SMILES string of the molecule is CC.CCc1nc(C(C)C)n[nH]1. The van der Waals surface area contributed by atoms with Crippen molar-refractivity contribution in [2.45, 2.75) is 47.0 Å². The van der Waals surface area contributed by atoms with Gasteiger partial charge in [0.1, 0.15) is 5.82 Å². The molecule has 1 aromatic heterocycles. The Kier molecular flexibility index (Phi) is 5.34. The van der Waals surface area contributed by atoms with Gasteiger partial charge in [0.15, 0.2) is 5.82 Å². The average Bonchev–Trinajstić information content (AvgIpc) is 2.55. The number of hydrogen-bond donors (Lipinski definition) is 1. The largest absolute Gasteiger partial charge is 0.263 e. The van der Waals surface area contributed by atoms with Crippen molar-refractivity contribution in [3.63, 3.8) is 0 Å². The lowest BCUT2D eigenvalue weighted by Crippen LogP contribution is -1.89. The van der Waals surface area contributed by atoms with Crippen molar-refractivity contribution in [3.05, 3.63) is 11.6 Å². The first-order valence-electron chi connectivity index (χ1n) is 4.65. The van der Waals surface area contributed by atoms with Crippen LogP contribution in [0, 0.1) is 0 Å². The maximum atomic E-state index is 4.26. The first-order valence-corrected chi connectivity index (χ1v) is 4.65. The number of aryl methyl sites for hydroxylation is 1. The molecule has 1 aromatic rings. The van der Waals surface area contributed by atoms with Gasteiger partial charge in [-0.2, -0.15) is 5.10 Å². The Hall–Kier alpha value is -0.860. The fourth-order valence-corrected chi connectivity index (χ4v) is 0.726. The fourth-order valence-electron chi connectivity index (χ4n) is 0.726. The third-order valence-corrected chi connectivity index (χ3v) is 1.40. The van der Waals surface area contributed by atoms with E-state index in [9.17, 15) is 0 Å². The molecule has 0 radical (unpaired) electrons. The molecule has 0 bridgehead atoms. The van der Waals surface area contributed by atoms with Gasteiger partial charge in [0.05, 0.1) is 0 Å². The van der Waals surface area contributed by atoms with E-state index >= 15 is 0 Å². The predicted molar refractivity (Wildman–Crippen MR) is 51.2 cm³/mol. The zero-order chi connectivity index (χ0) is 9.56. The van der Waals surface area contributed by atoms with E-state index in [1.807, 2.05) is 13.8 Å². The van der Waals surface area contributed by atoms with E-state index in [2.05, 4.69) is 36.0 Å². The fraction of sp³-hybridized carbons (Fsp3) is 0.778. The van der Waals surface area contributed by atoms with Gasteiger partial charge in [-0.25, -0.2) is 4.98 Å². The van der Waals surface area contributed by atoms with Crippen LogP contribution in [-0.4, -0.2) is 15.2 Å². The number of hydrogen-bond acceptors (Lipinski definition) is 2. The molecule has 1 rings (SSSR count). The van der Waals surface area contributed by atoms with Gasteiger partial charge in [0.25, 0.3) is 0 Å². The zero-order valence-corrected chi connectivity index (χ0v) is 8.68. The van der Waals surface area contributed by atoms with Crippen LogP contribution in [0.25, 0.3) is 0 Å². The molecule has 0 saturated carbocycles. The van der Waals surface area contributed by atoms with Crippen LogP contribution in [0.1, 0.15) is 52.2 Å². The van der Waals surface area contributed by atoms with Gasteiger partial charge >= 0.3 is 0 Å². The van der Waals surface area contributed by atoms with E-state index in [0.29, 0.717) is 5.92 Å². The van der Waals surface area contributed by atoms with Gasteiger partial charge in [0, 0.05) is 12.3 Å². The summed E-state index contributed by atoms with van der Waals surface area (Å²) in [6, 6.07) is 0. The van der Waals surface area contributed by atoms with Crippen LogP contribution in [0.4, 0.5) is 0 Å². The molecule has 0 unspecified atom stereocenters. The van der Waals surface area contributed by atoms with Gasteiger partial charge in [-0.1, -0.05) is 34.6 Å². The number of H-pyrrole nitrogens is 1. The Bertz CT molecular complexity index is 203. The summed E-state index contributed by atoms with van der Waals surface area (Å²) in [4.78, 5) is 4.26. The number of nitrogens with zero attached hydrogens (tertiary/aromatic N) is 2. The van der Waals surface area contributed by atoms with Crippen LogP contribution >= 0.6 is 0 Å². The maximum absolute atomic E-state index is 4.26. The summed E-state index contributed by atoms with van der Waals surface area (Å²) >= 11 is 0. The van der Waals surface area contributed by atoms with Gasteiger partial charge in [-0.15, -0.1) is 0 Å². The molecule has 3 nitrogen and oxygen atoms in total. The van der Waals surface area contributed by atoms with Crippen molar-refractivity contribution in [1.29, 1.82) is 0 Å². The molecule has 0 amide bonds. The van der Waals surface area contributed by atoms with Crippen molar-refractivity contribution in [2.24, 2.45) is 0 Å². The summed E-state index contributed by atoms with van der Waals surface area (Å²) in [6.45, 7) is 10.2. The quantitative estimate of drug-likeness (QED) is 0.739.